The maximum atomic E-state index is 12.0. The van der Waals surface area contributed by atoms with Gasteiger partial charge in [0, 0.05) is 17.8 Å². The van der Waals surface area contributed by atoms with Crippen molar-refractivity contribution in [2.24, 2.45) is 0 Å². The fourth-order valence-electron chi connectivity index (χ4n) is 2.26. The van der Waals surface area contributed by atoms with Gasteiger partial charge in [0.05, 0.1) is 11.0 Å². The van der Waals surface area contributed by atoms with Gasteiger partial charge in [-0.2, -0.15) is 0 Å². The van der Waals surface area contributed by atoms with Crippen LogP contribution in [0, 0.1) is 0 Å². The lowest BCUT2D eigenvalue weighted by molar-refractivity contribution is 0.0953. The van der Waals surface area contributed by atoms with Crippen LogP contribution in [0.25, 0.3) is 0 Å². The van der Waals surface area contributed by atoms with Crippen LogP contribution in [0.2, 0.25) is 5.15 Å². The molecule has 0 aliphatic carbocycles. The lowest BCUT2D eigenvalue weighted by Crippen LogP contribution is -2.34. The zero-order valence-corrected chi connectivity index (χ0v) is 12.8. The smallest absolute Gasteiger partial charge is 0.251 e. The Balaban J connectivity index is 2.04. The van der Waals surface area contributed by atoms with Gasteiger partial charge in [0.1, 0.15) is 5.15 Å². The molecule has 2 heterocycles. The van der Waals surface area contributed by atoms with Gasteiger partial charge in [0.15, 0.2) is 9.84 Å². The van der Waals surface area contributed by atoms with Gasteiger partial charge in [0.2, 0.25) is 0 Å². The van der Waals surface area contributed by atoms with Crippen LogP contribution in [-0.2, 0) is 16.3 Å². The summed E-state index contributed by atoms with van der Waals surface area (Å²) in [6.07, 6.45) is 1.96. The molecule has 1 atom stereocenters. The van der Waals surface area contributed by atoms with Gasteiger partial charge in [-0.15, -0.1) is 0 Å². The highest BCUT2D eigenvalue weighted by Gasteiger charge is 2.31. The predicted molar refractivity (Wildman–Crippen MR) is 77.8 cm³/mol. The third kappa shape index (κ3) is 3.49. The standard InChI is InChI=1S/C13H17ClN2O3S/c1-2-10-6-9(7-12(14)16-10)13(17)15-8-11-4-3-5-20(11,18)19/h6-7,11H,2-5,8H2,1H3,(H,15,17). The second-order valence-electron chi connectivity index (χ2n) is 4.86. The van der Waals surface area contributed by atoms with E-state index in [-0.39, 0.29) is 23.4 Å². The largest absolute Gasteiger partial charge is 0.351 e. The Morgan fingerprint density at radius 2 is 2.25 bits per heavy atom. The summed E-state index contributed by atoms with van der Waals surface area (Å²) in [5.74, 6) is -0.0969. The van der Waals surface area contributed by atoms with Crippen molar-refractivity contribution in [3.8, 4) is 0 Å². The molecule has 1 unspecified atom stereocenters. The van der Waals surface area contributed by atoms with Crippen LogP contribution in [0.15, 0.2) is 12.1 Å². The SMILES string of the molecule is CCc1cc(C(=O)NCC2CCCS2(=O)=O)cc(Cl)n1. The molecule has 0 saturated carbocycles. The maximum absolute atomic E-state index is 12.0. The normalized spacial score (nSPS) is 20.8. The molecular formula is C13H17ClN2O3S. The van der Waals surface area contributed by atoms with Crippen molar-refractivity contribution in [2.75, 3.05) is 12.3 Å². The summed E-state index contributed by atoms with van der Waals surface area (Å²) in [7, 11) is -3.04. The van der Waals surface area contributed by atoms with Crippen molar-refractivity contribution >= 4 is 27.3 Å². The number of carbonyl (C=O) groups is 1. The minimum absolute atomic E-state index is 0.155. The molecule has 1 aliphatic heterocycles. The molecule has 20 heavy (non-hydrogen) atoms. The van der Waals surface area contributed by atoms with E-state index in [2.05, 4.69) is 10.3 Å². The van der Waals surface area contributed by atoms with Gasteiger partial charge in [-0.05, 0) is 31.4 Å². The first-order valence-corrected chi connectivity index (χ1v) is 8.68. The zero-order valence-electron chi connectivity index (χ0n) is 11.2. The Morgan fingerprint density at radius 1 is 1.50 bits per heavy atom. The maximum Gasteiger partial charge on any atom is 0.251 e. The van der Waals surface area contributed by atoms with Crippen molar-refractivity contribution in [2.45, 2.75) is 31.4 Å². The van der Waals surface area contributed by atoms with E-state index in [1.807, 2.05) is 6.92 Å². The molecule has 7 heteroatoms. The third-order valence-electron chi connectivity index (χ3n) is 3.42. The average molecular weight is 317 g/mol. The molecule has 0 radical (unpaired) electrons. The number of nitrogens with one attached hydrogen (secondary N) is 1. The third-order valence-corrected chi connectivity index (χ3v) is 5.89. The molecule has 1 saturated heterocycles. The van der Waals surface area contributed by atoms with Crippen molar-refractivity contribution in [1.82, 2.24) is 10.3 Å². The van der Waals surface area contributed by atoms with Gasteiger partial charge in [-0.1, -0.05) is 18.5 Å². The number of pyridine rings is 1. The van der Waals surface area contributed by atoms with E-state index in [9.17, 15) is 13.2 Å². The van der Waals surface area contributed by atoms with Crippen LogP contribution in [0.4, 0.5) is 0 Å². The van der Waals surface area contributed by atoms with Gasteiger partial charge >= 0.3 is 0 Å². The molecule has 1 aromatic rings. The molecule has 1 amide bonds. The summed E-state index contributed by atoms with van der Waals surface area (Å²) in [6, 6.07) is 3.16. The Labute approximate surface area is 123 Å². The molecule has 0 spiro atoms. The van der Waals surface area contributed by atoms with Gasteiger partial charge < -0.3 is 5.32 Å². The fraction of sp³-hybridized carbons (Fsp3) is 0.538. The first-order valence-electron chi connectivity index (χ1n) is 6.58. The number of rotatable bonds is 4. The van der Waals surface area contributed by atoms with Crippen molar-refractivity contribution in [3.63, 3.8) is 0 Å². The van der Waals surface area contributed by atoms with E-state index in [1.165, 1.54) is 6.07 Å². The van der Waals surface area contributed by atoms with Crippen LogP contribution in [0.1, 0.15) is 35.8 Å². The molecule has 1 aromatic heterocycles. The van der Waals surface area contributed by atoms with Crippen LogP contribution in [0.3, 0.4) is 0 Å². The highest BCUT2D eigenvalue weighted by molar-refractivity contribution is 7.92. The Kier molecular flexibility index (Phi) is 4.65. The van der Waals surface area contributed by atoms with Gasteiger partial charge in [-0.3, -0.25) is 4.79 Å². The quantitative estimate of drug-likeness (QED) is 0.856. The van der Waals surface area contributed by atoms with E-state index in [1.54, 1.807) is 6.07 Å². The zero-order chi connectivity index (χ0) is 14.8. The molecule has 0 bridgehead atoms. The van der Waals surface area contributed by atoms with Gasteiger partial charge in [-0.25, -0.2) is 13.4 Å². The number of carbonyl (C=O) groups excluding carboxylic acids is 1. The average Bonchev–Trinajstić information content (AvgIpc) is 2.74. The highest BCUT2D eigenvalue weighted by Crippen LogP contribution is 2.19. The molecular weight excluding hydrogens is 300 g/mol. The summed E-state index contributed by atoms with van der Waals surface area (Å²) in [4.78, 5) is 16.1. The van der Waals surface area contributed by atoms with E-state index < -0.39 is 15.1 Å². The second kappa shape index (κ2) is 6.10. The summed E-state index contributed by atoms with van der Waals surface area (Å²) < 4.78 is 23.4. The Bertz CT molecular complexity index is 616. The number of aryl methyl sites for hydroxylation is 1. The molecule has 110 valence electrons. The molecule has 1 N–H and O–H groups in total. The monoisotopic (exact) mass is 316 g/mol. The predicted octanol–water partition coefficient (Wildman–Crippen LogP) is 1.60. The Hall–Kier alpha value is -1.14. The summed E-state index contributed by atoms with van der Waals surface area (Å²) in [5, 5.41) is 2.47. The van der Waals surface area contributed by atoms with Crippen LogP contribution in [0.5, 0.6) is 0 Å². The van der Waals surface area contributed by atoms with Crippen molar-refractivity contribution < 1.29 is 13.2 Å². The van der Waals surface area contributed by atoms with E-state index >= 15 is 0 Å². The Morgan fingerprint density at radius 3 is 2.85 bits per heavy atom. The summed E-state index contributed by atoms with van der Waals surface area (Å²) in [5.41, 5.74) is 1.15. The molecule has 2 rings (SSSR count). The van der Waals surface area contributed by atoms with Crippen molar-refractivity contribution in [3.05, 3.63) is 28.5 Å². The first-order chi connectivity index (χ1) is 9.42. The lowest BCUT2D eigenvalue weighted by Gasteiger charge is -2.11. The molecule has 1 aliphatic rings. The summed E-state index contributed by atoms with van der Waals surface area (Å²) >= 11 is 5.86. The fourth-order valence-corrected chi connectivity index (χ4v) is 4.25. The number of nitrogens with zero attached hydrogens (tertiary/aromatic N) is 1. The van der Waals surface area contributed by atoms with Crippen molar-refractivity contribution in [1.29, 1.82) is 0 Å². The van der Waals surface area contributed by atoms with Crippen LogP contribution < -0.4 is 5.32 Å². The lowest BCUT2D eigenvalue weighted by atomic mass is 10.2. The number of hydrogen-bond acceptors (Lipinski definition) is 4. The van der Waals surface area contributed by atoms with E-state index in [0.29, 0.717) is 24.8 Å². The number of hydrogen-bond donors (Lipinski definition) is 1. The molecule has 0 aromatic carbocycles. The number of aromatic nitrogens is 1. The molecule has 5 nitrogen and oxygen atoms in total. The van der Waals surface area contributed by atoms with Crippen LogP contribution in [-0.4, -0.2) is 36.9 Å². The minimum atomic E-state index is -3.04. The van der Waals surface area contributed by atoms with E-state index in [0.717, 1.165) is 5.69 Å². The number of sulfone groups is 1. The topological polar surface area (TPSA) is 76.1 Å². The molecule has 1 fully saturated rings. The van der Waals surface area contributed by atoms with Gasteiger partial charge in [0.25, 0.3) is 5.91 Å². The second-order valence-corrected chi connectivity index (χ2v) is 7.65. The first kappa shape index (κ1) is 15.3. The summed E-state index contributed by atoms with van der Waals surface area (Å²) in [6.45, 7) is 2.08. The minimum Gasteiger partial charge on any atom is -0.351 e. The number of halogens is 1. The van der Waals surface area contributed by atoms with E-state index in [4.69, 9.17) is 11.6 Å². The highest BCUT2D eigenvalue weighted by atomic mass is 35.5. The number of amides is 1. The van der Waals surface area contributed by atoms with Crippen LogP contribution >= 0.6 is 11.6 Å².